The molecule has 0 fully saturated rings. The van der Waals surface area contributed by atoms with Crippen molar-refractivity contribution in [2.75, 3.05) is 13.4 Å². The maximum atomic E-state index is 12.2. The Labute approximate surface area is 151 Å². The number of benzene rings is 1. The molecule has 1 atom stereocenters. The van der Waals surface area contributed by atoms with Gasteiger partial charge >= 0.3 is 19.2 Å². The Kier molecular flexibility index (Phi) is 7.02. The van der Waals surface area contributed by atoms with Gasteiger partial charge in [-0.25, -0.2) is 9.59 Å². The van der Waals surface area contributed by atoms with Gasteiger partial charge in [-0.1, -0.05) is 19.1 Å². The molecule has 140 valence electrons. The molecule has 26 heavy (non-hydrogen) atoms. The van der Waals surface area contributed by atoms with E-state index in [9.17, 15) is 19.4 Å². The molecular weight excluding hydrogens is 343 g/mol. The van der Waals surface area contributed by atoms with E-state index >= 15 is 0 Å². The lowest BCUT2D eigenvalue weighted by atomic mass is 9.64. The van der Waals surface area contributed by atoms with Crippen LogP contribution in [0.5, 0.6) is 5.75 Å². The number of hydrogen-bond acceptors (Lipinski definition) is 8. The Balaban J connectivity index is 2.04. The van der Waals surface area contributed by atoms with Gasteiger partial charge in [0.1, 0.15) is 17.1 Å². The van der Waals surface area contributed by atoms with Crippen LogP contribution >= 0.6 is 0 Å². The highest BCUT2D eigenvalue weighted by atomic mass is 16.8. The monoisotopic (exact) mass is 364 g/mol. The van der Waals surface area contributed by atoms with Crippen molar-refractivity contribution in [1.29, 1.82) is 0 Å². The number of carbonyl (C=O) groups is 3. The van der Waals surface area contributed by atoms with Crippen molar-refractivity contribution in [3.8, 4) is 5.75 Å². The van der Waals surface area contributed by atoms with E-state index in [0.29, 0.717) is 18.4 Å². The SMILES string of the molecule is CCOC(=O)OCOC(=O)c1cccc2c1OB(O)[C@@H](CC(=O)CC)C2. The minimum absolute atomic E-state index is 0.0350. The Morgan fingerprint density at radius 3 is 2.69 bits per heavy atom. The highest BCUT2D eigenvalue weighted by Crippen LogP contribution is 2.36. The predicted molar refractivity (Wildman–Crippen MR) is 90.8 cm³/mol. The van der Waals surface area contributed by atoms with E-state index in [-0.39, 0.29) is 35.9 Å². The van der Waals surface area contributed by atoms with E-state index < -0.39 is 26.0 Å². The quantitative estimate of drug-likeness (QED) is 0.445. The lowest BCUT2D eigenvalue weighted by molar-refractivity contribution is -0.118. The van der Waals surface area contributed by atoms with Gasteiger partial charge in [-0.2, -0.15) is 0 Å². The summed E-state index contributed by atoms with van der Waals surface area (Å²) in [6.45, 7) is 2.93. The lowest BCUT2D eigenvalue weighted by Gasteiger charge is -2.28. The molecular formula is C17H21BO8. The highest BCUT2D eigenvalue weighted by molar-refractivity contribution is 6.47. The molecule has 1 aliphatic heterocycles. The molecule has 0 bridgehead atoms. The number of rotatable bonds is 7. The second kappa shape index (κ2) is 9.24. The van der Waals surface area contributed by atoms with Crippen molar-refractivity contribution >= 4 is 25.0 Å². The summed E-state index contributed by atoms with van der Waals surface area (Å²) in [5.41, 5.74) is 0.805. The molecule has 0 unspecified atom stereocenters. The Bertz CT molecular complexity index is 675. The smallest absolute Gasteiger partial charge is 0.526 e. The van der Waals surface area contributed by atoms with Crippen LogP contribution in [0.3, 0.4) is 0 Å². The van der Waals surface area contributed by atoms with Crippen LogP contribution in [0.25, 0.3) is 0 Å². The second-order valence-corrected chi connectivity index (χ2v) is 5.74. The number of ketones is 1. The average Bonchev–Trinajstić information content (AvgIpc) is 2.61. The van der Waals surface area contributed by atoms with E-state index in [1.807, 2.05) is 0 Å². The van der Waals surface area contributed by atoms with E-state index in [1.165, 1.54) is 6.07 Å². The molecule has 0 aliphatic carbocycles. The van der Waals surface area contributed by atoms with Crippen molar-refractivity contribution in [2.45, 2.75) is 38.9 Å². The lowest BCUT2D eigenvalue weighted by Crippen LogP contribution is -2.35. The number of para-hydroxylation sites is 1. The van der Waals surface area contributed by atoms with Crippen molar-refractivity contribution in [1.82, 2.24) is 0 Å². The molecule has 0 saturated carbocycles. The van der Waals surface area contributed by atoms with Crippen LogP contribution in [-0.2, 0) is 25.4 Å². The predicted octanol–water partition coefficient (Wildman–Crippen LogP) is 2.13. The molecule has 1 aliphatic rings. The summed E-state index contributed by atoms with van der Waals surface area (Å²) in [5, 5.41) is 10.2. The van der Waals surface area contributed by atoms with Gasteiger partial charge in [-0.15, -0.1) is 0 Å². The van der Waals surface area contributed by atoms with Crippen LogP contribution in [0.2, 0.25) is 5.82 Å². The molecule has 1 heterocycles. The minimum atomic E-state index is -1.19. The second-order valence-electron chi connectivity index (χ2n) is 5.74. The summed E-state index contributed by atoms with van der Waals surface area (Å²) < 4.78 is 19.5. The zero-order valence-electron chi connectivity index (χ0n) is 14.7. The first-order valence-electron chi connectivity index (χ1n) is 8.41. The largest absolute Gasteiger partial charge is 0.535 e. The first-order chi connectivity index (χ1) is 12.5. The fourth-order valence-electron chi connectivity index (χ4n) is 2.62. The number of carbonyl (C=O) groups excluding carboxylic acids is 3. The van der Waals surface area contributed by atoms with Crippen LogP contribution < -0.4 is 4.65 Å². The topological polar surface area (TPSA) is 108 Å². The van der Waals surface area contributed by atoms with E-state index in [0.717, 1.165) is 0 Å². The highest BCUT2D eigenvalue weighted by Gasteiger charge is 2.37. The maximum absolute atomic E-state index is 12.2. The average molecular weight is 364 g/mol. The van der Waals surface area contributed by atoms with Crippen LogP contribution in [-0.4, -0.2) is 43.5 Å². The van der Waals surface area contributed by atoms with Crippen LogP contribution in [0.4, 0.5) is 4.79 Å². The van der Waals surface area contributed by atoms with Crippen molar-refractivity contribution in [3.63, 3.8) is 0 Å². The third-order valence-electron chi connectivity index (χ3n) is 3.95. The molecule has 1 aromatic carbocycles. The van der Waals surface area contributed by atoms with Gasteiger partial charge in [0.2, 0.25) is 6.79 Å². The molecule has 8 nitrogen and oxygen atoms in total. The van der Waals surface area contributed by atoms with Gasteiger partial charge in [0.25, 0.3) is 0 Å². The fraction of sp³-hybridized carbons (Fsp3) is 0.471. The van der Waals surface area contributed by atoms with Crippen LogP contribution in [0, 0.1) is 0 Å². The van der Waals surface area contributed by atoms with E-state index in [2.05, 4.69) is 9.47 Å². The summed E-state index contributed by atoms with van der Waals surface area (Å²) in [6.07, 6.45) is 0.0654. The third-order valence-corrected chi connectivity index (χ3v) is 3.95. The third kappa shape index (κ3) is 4.98. The van der Waals surface area contributed by atoms with E-state index in [4.69, 9.17) is 9.39 Å². The number of hydrogen-bond donors (Lipinski definition) is 1. The minimum Gasteiger partial charge on any atom is -0.535 e. The molecule has 1 N–H and O–H groups in total. The maximum Gasteiger partial charge on any atom is 0.526 e. The van der Waals surface area contributed by atoms with Crippen molar-refractivity contribution < 1.29 is 38.3 Å². The van der Waals surface area contributed by atoms with Gasteiger partial charge in [0.05, 0.1) is 6.61 Å². The molecule has 0 aromatic heterocycles. The Morgan fingerprint density at radius 1 is 1.23 bits per heavy atom. The summed E-state index contributed by atoms with van der Waals surface area (Å²) in [4.78, 5) is 34.9. The van der Waals surface area contributed by atoms with Crippen molar-refractivity contribution in [3.05, 3.63) is 29.3 Å². The fourth-order valence-corrected chi connectivity index (χ4v) is 2.62. The summed E-state index contributed by atoms with van der Waals surface area (Å²) >= 11 is 0. The molecule has 1 aromatic rings. The van der Waals surface area contributed by atoms with Crippen molar-refractivity contribution in [2.24, 2.45) is 0 Å². The molecule has 0 saturated heterocycles. The van der Waals surface area contributed by atoms with E-state index in [1.54, 1.807) is 26.0 Å². The number of fused-ring (bicyclic) bond motifs is 1. The van der Waals surface area contributed by atoms with Gasteiger partial charge in [0, 0.05) is 18.7 Å². The van der Waals surface area contributed by atoms with Gasteiger partial charge in [0.15, 0.2) is 0 Å². The number of Topliss-reactive ketones (excluding diaryl/α,β-unsaturated/α-hetero) is 1. The molecule has 0 radical (unpaired) electrons. The van der Waals surface area contributed by atoms with Crippen LogP contribution in [0.1, 0.15) is 42.6 Å². The Hall–Kier alpha value is -2.55. The zero-order valence-corrected chi connectivity index (χ0v) is 14.7. The van der Waals surface area contributed by atoms with Gasteiger partial charge in [-0.3, -0.25) is 4.79 Å². The first kappa shape index (κ1) is 19.8. The zero-order chi connectivity index (χ0) is 19.1. The standard InChI is InChI=1S/C17H21BO8/c1-3-13(19)9-12-8-11-6-5-7-14(15(11)26-18(12)22)16(20)24-10-25-17(21)23-4-2/h5-7,12,22H,3-4,8-10H2,1-2H3/t12-/m1/s1. The van der Waals surface area contributed by atoms with Gasteiger partial charge < -0.3 is 23.9 Å². The molecule has 2 rings (SSSR count). The Morgan fingerprint density at radius 2 is 2.00 bits per heavy atom. The summed E-state index contributed by atoms with van der Waals surface area (Å²) in [6, 6.07) is 4.90. The van der Waals surface area contributed by atoms with Crippen LogP contribution in [0.15, 0.2) is 18.2 Å². The number of esters is 1. The van der Waals surface area contributed by atoms with Gasteiger partial charge in [-0.05, 0) is 25.0 Å². The first-order valence-corrected chi connectivity index (χ1v) is 8.41. The molecule has 0 spiro atoms. The summed E-state index contributed by atoms with van der Waals surface area (Å²) in [5.74, 6) is -0.885. The normalized spacial score (nSPS) is 15.5. The number of ether oxygens (including phenoxy) is 3. The molecule has 9 heteroatoms. The summed E-state index contributed by atoms with van der Waals surface area (Å²) in [7, 11) is -1.19. The molecule has 0 amide bonds.